The van der Waals surface area contributed by atoms with E-state index >= 15 is 0 Å². The second-order valence-corrected chi connectivity index (χ2v) is 3.19. The number of ether oxygens (including phenoxy) is 1. The lowest BCUT2D eigenvalue weighted by Gasteiger charge is -1.99. The van der Waals surface area contributed by atoms with Gasteiger partial charge in [-0.15, -0.1) is 0 Å². The number of halogens is 1. The summed E-state index contributed by atoms with van der Waals surface area (Å²) in [5.41, 5.74) is -0.0357. The molecule has 1 aromatic carbocycles. The van der Waals surface area contributed by atoms with Crippen molar-refractivity contribution in [3.05, 3.63) is 35.1 Å². The van der Waals surface area contributed by atoms with E-state index in [2.05, 4.69) is 16.6 Å². The quantitative estimate of drug-likeness (QED) is 0.446. The number of ketones is 1. The largest absolute Gasteiger partial charge is 0.456 e. The molecule has 4 heteroatoms. The summed E-state index contributed by atoms with van der Waals surface area (Å²) in [7, 11) is 0. The molecule has 0 heterocycles. The minimum absolute atomic E-state index is 0.00533. The van der Waals surface area contributed by atoms with Crippen LogP contribution in [0.1, 0.15) is 29.8 Å². The van der Waals surface area contributed by atoms with Crippen LogP contribution in [0.2, 0.25) is 0 Å². The molecule has 0 N–H and O–H groups in total. The standard InChI is InChI=1S/C13H11FO3/c1-3-17-12(16)8-7-10-5-4-6-11(9(2)15)13(10)14/h4-6H,3H2,1-2H3. The predicted octanol–water partition coefficient (Wildman–Crippen LogP) is 1.94. The van der Waals surface area contributed by atoms with Gasteiger partial charge in [-0.3, -0.25) is 4.79 Å². The molecule has 0 radical (unpaired) electrons. The third kappa shape index (κ3) is 3.42. The summed E-state index contributed by atoms with van der Waals surface area (Å²) in [5.74, 6) is 2.67. The Morgan fingerprint density at radius 1 is 1.41 bits per heavy atom. The molecule has 0 spiro atoms. The first kappa shape index (κ1) is 12.9. The minimum atomic E-state index is -0.722. The summed E-state index contributed by atoms with van der Waals surface area (Å²) in [6.07, 6.45) is 0. The van der Waals surface area contributed by atoms with Crippen molar-refractivity contribution in [1.29, 1.82) is 0 Å². The second kappa shape index (κ2) is 5.80. The molecule has 88 valence electrons. The van der Waals surface area contributed by atoms with E-state index in [1.54, 1.807) is 6.92 Å². The van der Waals surface area contributed by atoms with Crippen LogP contribution in [0.25, 0.3) is 0 Å². The molecule has 0 bridgehead atoms. The van der Waals surface area contributed by atoms with E-state index in [0.29, 0.717) is 0 Å². The van der Waals surface area contributed by atoms with Crippen molar-refractivity contribution in [3.8, 4) is 11.8 Å². The fourth-order valence-corrected chi connectivity index (χ4v) is 1.19. The lowest BCUT2D eigenvalue weighted by molar-refractivity contribution is -0.136. The molecule has 0 fully saturated rings. The van der Waals surface area contributed by atoms with E-state index < -0.39 is 11.8 Å². The zero-order valence-electron chi connectivity index (χ0n) is 9.54. The molecule has 0 saturated carbocycles. The first-order chi connectivity index (χ1) is 8.06. The summed E-state index contributed by atoms with van der Waals surface area (Å²) in [5, 5.41) is 0. The maximum Gasteiger partial charge on any atom is 0.384 e. The summed E-state index contributed by atoms with van der Waals surface area (Å²) in [4.78, 5) is 22.0. The van der Waals surface area contributed by atoms with Gasteiger partial charge in [0.05, 0.1) is 17.7 Å². The van der Waals surface area contributed by atoms with E-state index in [0.717, 1.165) is 0 Å². The molecule has 1 aromatic rings. The monoisotopic (exact) mass is 234 g/mol. The second-order valence-electron chi connectivity index (χ2n) is 3.19. The molecule has 0 saturated heterocycles. The van der Waals surface area contributed by atoms with Crippen LogP contribution in [0.15, 0.2) is 18.2 Å². The number of Topliss-reactive ketones (excluding diaryl/α,β-unsaturated/α-hetero) is 1. The molecule has 0 aromatic heterocycles. The number of esters is 1. The van der Waals surface area contributed by atoms with Gasteiger partial charge < -0.3 is 4.74 Å². The molecule has 0 unspecified atom stereocenters. The number of carbonyl (C=O) groups is 2. The van der Waals surface area contributed by atoms with Gasteiger partial charge in [-0.1, -0.05) is 12.0 Å². The Morgan fingerprint density at radius 3 is 2.71 bits per heavy atom. The Bertz CT molecular complexity index is 509. The van der Waals surface area contributed by atoms with Crippen LogP contribution in [-0.4, -0.2) is 18.4 Å². The SMILES string of the molecule is CCOC(=O)C#Cc1cccc(C(C)=O)c1F. The highest BCUT2D eigenvalue weighted by Gasteiger charge is 2.09. The Morgan fingerprint density at radius 2 is 2.12 bits per heavy atom. The van der Waals surface area contributed by atoms with E-state index in [1.807, 2.05) is 0 Å². The predicted molar refractivity (Wildman–Crippen MR) is 59.9 cm³/mol. The lowest BCUT2D eigenvalue weighted by atomic mass is 10.1. The van der Waals surface area contributed by atoms with E-state index in [9.17, 15) is 14.0 Å². The molecule has 3 nitrogen and oxygen atoms in total. The summed E-state index contributed by atoms with van der Waals surface area (Å²) >= 11 is 0. The van der Waals surface area contributed by atoms with E-state index in [-0.39, 0.29) is 23.5 Å². The van der Waals surface area contributed by atoms with Crippen LogP contribution in [0.5, 0.6) is 0 Å². The molecular weight excluding hydrogens is 223 g/mol. The van der Waals surface area contributed by atoms with Gasteiger partial charge in [0, 0.05) is 5.92 Å². The Kier molecular flexibility index (Phi) is 4.41. The van der Waals surface area contributed by atoms with Crippen LogP contribution in [0.4, 0.5) is 4.39 Å². The minimum Gasteiger partial charge on any atom is -0.456 e. The average molecular weight is 234 g/mol. The molecule has 0 aliphatic heterocycles. The van der Waals surface area contributed by atoms with Crippen LogP contribution in [0, 0.1) is 17.7 Å². The van der Waals surface area contributed by atoms with Gasteiger partial charge in [0.2, 0.25) is 0 Å². The van der Waals surface area contributed by atoms with E-state index in [1.165, 1.54) is 25.1 Å². The van der Waals surface area contributed by atoms with Crippen molar-refractivity contribution in [2.45, 2.75) is 13.8 Å². The van der Waals surface area contributed by atoms with Gasteiger partial charge in [0.1, 0.15) is 5.82 Å². The number of carbonyl (C=O) groups excluding carboxylic acids is 2. The molecule has 0 amide bonds. The third-order valence-electron chi connectivity index (χ3n) is 1.95. The number of hydrogen-bond acceptors (Lipinski definition) is 3. The molecule has 17 heavy (non-hydrogen) atoms. The Balaban J connectivity index is 3.04. The van der Waals surface area contributed by atoms with Gasteiger partial charge in [-0.2, -0.15) is 0 Å². The van der Waals surface area contributed by atoms with Crippen molar-refractivity contribution in [2.75, 3.05) is 6.61 Å². The van der Waals surface area contributed by atoms with Gasteiger partial charge in [0.25, 0.3) is 0 Å². The highest BCUT2D eigenvalue weighted by molar-refractivity contribution is 5.95. The fraction of sp³-hybridized carbons (Fsp3) is 0.231. The van der Waals surface area contributed by atoms with Crippen LogP contribution in [0.3, 0.4) is 0 Å². The first-order valence-electron chi connectivity index (χ1n) is 5.04. The normalized spacial score (nSPS) is 9.12. The van der Waals surface area contributed by atoms with E-state index in [4.69, 9.17) is 0 Å². The van der Waals surface area contributed by atoms with Gasteiger partial charge in [-0.05, 0) is 26.0 Å². The summed E-state index contributed by atoms with van der Waals surface area (Å²) < 4.78 is 18.3. The lowest BCUT2D eigenvalue weighted by Crippen LogP contribution is -2.01. The zero-order valence-corrected chi connectivity index (χ0v) is 9.54. The average Bonchev–Trinajstić information content (AvgIpc) is 2.27. The highest BCUT2D eigenvalue weighted by Crippen LogP contribution is 2.12. The van der Waals surface area contributed by atoms with Crippen molar-refractivity contribution in [3.63, 3.8) is 0 Å². The molecular formula is C13H11FO3. The Hall–Kier alpha value is -2.15. The van der Waals surface area contributed by atoms with Gasteiger partial charge >= 0.3 is 5.97 Å². The molecule has 0 atom stereocenters. The maximum atomic E-state index is 13.7. The van der Waals surface area contributed by atoms with Gasteiger partial charge in [0.15, 0.2) is 5.78 Å². The van der Waals surface area contributed by atoms with Crippen molar-refractivity contribution in [1.82, 2.24) is 0 Å². The van der Waals surface area contributed by atoms with Crippen molar-refractivity contribution >= 4 is 11.8 Å². The topological polar surface area (TPSA) is 43.4 Å². The highest BCUT2D eigenvalue weighted by atomic mass is 19.1. The summed E-state index contributed by atoms with van der Waals surface area (Å²) in [6.45, 7) is 3.13. The Labute approximate surface area is 98.6 Å². The van der Waals surface area contributed by atoms with Crippen LogP contribution < -0.4 is 0 Å². The van der Waals surface area contributed by atoms with Crippen LogP contribution >= 0.6 is 0 Å². The number of hydrogen-bond donors (Lipinski definition) is 0. The smallest absolute Gasteiger partial charge is 0.384 e. The third-order valence-corrected chi connectivity index (χ3v) is 1.95. The number of rotatable bonds is 2. The molecule has 1 rings (SSSR count). The zero-order chi connectivity index (χ0) is 12.8. The molecule has 0 aliphatic rings. The van der Waals surface area contributed by atoms with Gasteiger partial charge in [-0.25, -0.2) is 9.18 Å². The fourth-order valence-electron chi connectivity index (χ4n) is 1.19. The van der Waals surface area contributed by atoms with Crippen molar-refractivity contribution < 1.29 is 18.7 Å². The molecule has 0 aliphatic carbocycles. The van der Waals surface area contributed by atoms with Crippen molar-refractivity contribution in [2.24, 2.45) is 0 Å². The maximum absolute atomic E-state index is 13.7. The first-order valence-corrected chi connectivity index (χ1v) is 5.04. The van der Waals surface area contributed by atoms with Crippen LogP contribution in [-0.2, 0) is 9.53 Å². The summed E-state index contributed by atoms with van der Waals surface area (Å²) in [6, 6.07) is 4.27. The number of benzene rings is 1.